The second-order valence-corrected chi connectivity index (χ2v) is 6.84. The summed E-state index contributed by atoms with van der Waals surface area (Å²) in [5, 5.41) is 0. The third kappa shape index (κ3) is 2.56. The molecule has 25 heavy (non-hydrogen) atoms. The molecule has 1 amide bonds. The van der Waals surface area contributed by atoms with Gasteiger partial charge in [-0.3, -0.25) is 4.79 Å². The molecular weight excluding hydrogens is 314 g/mol. The van der Waals surface area contributed by atoms with Crippen LogP contribution in [0.25, 0.3) is 0 Å². The summed E-state index contributed by atoms with van der Waals surface area (Å²) in [5.74, 6) is 1.59. The van der Waals surface area contributed by atoms with Gasteiger partial charge in [0.05, 0.1) is 19.6 Å². The van der Waals surface area contributed by atoms with Crippen molar-refractivity contribution in [2.24, 2.45) is 0 Å². The van der Waals surface area contributed by atoms with E-state index in [0.29, 0.717) is 11.5 Å². The maximum absolute atomic E-state index is 13.5. The number of fused-ring (bicyclic) bond motifs is 1. The molecule has 0 aromatic heterocycles. The van der Waals surface area contributed by atoms with Crippen molar-refractivity contribution < 1.29 is 14.3 Å². The molecule has 0 radical (unpaired) electrons. The van der Waals surface area contributed by atoms with Crippen LogP contribution in [0.5, 0.6) is 11.5 Å². The van der Waals surface area contributed by atoms with Crippen molar-refractivity contribution in [1.29, 1.82) is 0 Å². The van der Waals surface area contributed by atoms with Crippen LogP contribution >= 0.6 is 0 Å². The molecule has 4 rings (SSSR count). The van der Waals surface area contributed by atoms with Gasteiger partial charge in [-0.1, -0.05) is 24.3 Å². The minimum atomic E-state index is -0.413. The first-order valence-corrected chi connectivity index (χ1v) is 8.82. The summed E-state index contributed by atoms with van der Waals surface area (Å²) in [5.41, 5.74) is 2.96. The van der Waals surface area contributed by atoms with Crippen LogP contribution in [0.1, 0.15) is 30.4 Å². The van der Waals surface area contributed by atoms with Crippen molar-refractivity contribution in [3.8, 4) is 11.5 Å². The zero-order valence-electron chi connectivity index (χ0n) is 14.7. The Labute approximate surface area is 148 Å². The topological polar surface area (TPSA) is 38.8 Å². The Morgan fingerprint density at radius 3 is 2.52 bits per heavy atom. The van der Waals surface area contributed by atoms with Gasteiger partial charge < -0.3 is 14.4 Å². The van der Waals surface area contributed by atoms with E-state index >= 15 is 0 Å². The number of hydrogen-bond donors (Lipinski definition) is 0. The lowest BCUT2D eigenvalue weighted by Crippen LogP contribution is -2.42. The summed E-state index contributed by atoms with van der Waals surface area (Å²) in [6.45, 7) is 0.797. The summed E-state index contributed by atoms with van der Waals surface area (Å²) in [6.07, 6.45) is 3.84. The molecule has 130 valence electrons. The predicted octanol–water partition coefficient (Wildman–Crippen LogP) is 3.71. The number of hydrogen-bond acceptors (Lipinski definition) is 3. The summed E-state index contributed by atoms with van der Waals surface area (Å²) in [7, 11) is 3.25. The number of anilines is 1. The number of benzene rings is 2. The molecule has 0 spiro atoms. The van der Waals surface area contributed by atoms with E-state index in [2.05, 4.69) is 12.1 Å². The van der Waals surface area contributed by atoms with Gasteiger partial charge in [-0.15, -0.1) is 0 Å². The van der Waals surface area contributed by atoms with E-state index < -0.39 is 5.41 Å². The lowest BCUT2D eigenvalue weighted by atomic mass is 9.92. The van der Waals surface area contributed by atoms with Crippen molar-refractivity contribution in [3.63, 3.8) is 0 Å². The molecule has 1 fully saturated rings. The Hall–Kier alpha value is -2.49. The Morgan fingerprint density at radius 2 is 1.80 bits per heavy atom. The molecular formula is C21H23NO3. The van der Waals surface area contributed by atoms with Gasteiger partial charge in [0.2, 0.25) is 5.91 Å². The average molecular weight is 337 g/mol. The number of aryl methyl sites for hydroxylation is 1. The molecule has 1 aliphatic heterocycles. The highest BCUT2D eigenvalue weighted by atomic mass is 16.5. The van der Waals surface area contributed by atoms with Crippen LogP contribution in [-0.2, 0) is 16.6 Å². The van der Waals surface area contributed by atoms with Crippen molar-refractivity contribution in [2.75, 3.05) is 25.7 Å². The van der Waals surface area contributed by atoms with Gasteiger partial charge >= 0.3 is 0 Å². The number of carbonyl (C=O) groups is 1. The maximum atomic E-state index is 13.5. The van der Waals surface area contributed by atoms with Crippen LogP contribution in [0.3, 0.4) is 0 Å². The molecule has 2 aromatic carbocycles. The molecule has 4 heteroatoms. The molecule has 1 saturated carbocycles. The van der Waals surface area contributed by atoms with E-state index in [9.17, 15) is 4.79 Å². The molecule has 0 saturated heterocycles. The molecule has 0 unspecified atom stereocenters. The van der Waals surface area contributed by atoms with Crippen LogP contribution in [0.4, 0.5) is 5.69 Å². The van der Waals surface area contributed by atoms with Crippen LogP contribution in [-0.4, -0.2) is 26.7 Å². The quantitative estimate of drug-likeness (QED) is 0.854. The highest BCUT2D eigenvalue weighted by molar-refractivity contribution is 6.04. The Balaban J connectivity index is 1.69. The molecule has 2 aliphatic rings. The number of amides is 1. The van der Waals surface area contributed by atoms with Crippen LogP contribution < -0.4 is 14.4 Å². The van der Waals surface area contributed by atoms with Crippen molar-refractivity contribution in [2.45, 2.75) is 31.1 Å². The number of nitrogens with zero attached hydrogens (tertiary/aromatic N) is 1. The van der Waals surface area contributed by atoms with E-state index in [-0.39, 0.29) is 5.91 Å². The van der Waals surface area contributed by atoms with Gasteiger partial charge in [-0.05, 0) is 55.0 Å². The first kappa shape index (κ1) is 16.0. The average Bonchev–Trinajstić information content (AvgIpc) is 3.48. The predicted molar refractivity (Wildman–Crippen MR) is 97.6 cm³/mol. The third-order valence-corrected chi connectivity index (χ3v) is 5.45. The number of ether oxygens (including phenoxy) is 2. The number of carbonyl (C=O) groups excluding carboxylic acids is 1. The van der Waals surface area contributed by atoms with E-state index in [0.717, 1.165) is 43.5 Å². The smallest absolute Gasteiger partial charge is 0.237 e. The lowest BCUT2D eigenvalue weighted by Gasteiger charge is -2.33. The fraction of sp³-hybridized carbons (Fsp3) is 0.381. The second kappa shape index (κ2) is 6.10. The minimum absolute atomic E-state index is 0.215. The second-order valence-electron chi connectivity index (χ2n) is 6.84. The van der Waals surface area contributed by atoms with E-state index in [1.807, 2.05) is 35.2 Å². The fourth-order valence-corrected chi connectivity index (χ4v) is 3.89. The minimum Gasteiger partial charge on any atom is -0.493 e. The zero-order valence-corrected chi connectivity index (χ0v) is 14.7. The van der Waals surface area contributed by atoms with E-state index in [1.165, 1.54) is 5.56 Å². The largest absolute Gasteiger partial charge is 0.493 e. The van der Waals surface area contributed by atoms with Crippen LogP contribution in [0.2, 0.25) is 0 Å². The third-order valence-electron chi connectivity index (χ3n) is 5.45. The Kier molecular flexibility index (Phi) is 3.91. The number of rotatable bonds is 4. The first-order chi connectivity index (χ1) is 12.2. The van der Waals surface area contributed by atoms with Gasteiger partial charge in [-0.25, -0.2) is 0 Å². The monoisotopic (exact) mass is 337 g/mol. The first-order valence-electron chi connectivity index (χ1n) is 8.82. The lowest BCUT2D eigenvalue weighted by molar-refractivity contribution is -0.121. The van der Waals surface area contributed by atoms with Gasteiger partial charge in [0.15, 0.2) is 11.5 Å². The van der Waals surface area contributed by atoms with Crippen LogP contribution in [0.15, 0.2) is 42.5 Å². The molecule has 0 atom stereocenters. The van der Waals surface area contributed by atoms with Gasteiger partial charge in [0.25, 0.3) is 0 Å². The fourth-order valence-electron chi connectivity index (χ4n) is 3.89. The molecule has 2 aromatic rings. The van der Waals surface area contributed by atoms with Gasteiger partial charge in [0, 0.05) is 12.2 Å². The Morgan fingerprint density at radius 1 is 1.04 bits per heavy atom. The number of para-hydroxylation sites is 1. The van der Waals surface area contributed by atoms with Crippen molar-refractivity contribution >= 4 is 11.6 Å². The van der Waals surface area contributed by atoms with E-state index in [4.69, 9.17) is 9.47 Å². The molecule has 0 N–H and O–H groups in total. The normalized spacial score (nSPS) is 17.6. The zero-order chi connectivity index (χ0) is 17.4. The van der Waals surface area contributed by atoms with Gasteiger partial charge in [-0.2, -0.15) is 0 Å². The summed E-state index contributed by atoms with van der Waals surface area (Å²) < 4.78 is 10.8. The molecule has 1 aliphatic carbocycles. The standard InChI is InChI=1S/C21H23NO3/c1-24-18-10-9-16(14-19(18)25-2)21(11-12-21)20(23)22-13-5-7-15-6-3-4-8-17(15)22/h3-4,6,8-10,14H,5,7,11-13H2,1-2H3. The Bertz CT molecular complexity index is 811. The molecule has 0 bridgehead atoms. The molecule has 1 heterocycles. The van der Waals surface area contributed by atoms with E-state index in [1.54, 1.807) is 14.2 Å². The van der Waals surface area contributed by atoms with Crippen molar-refractivity contribution in [1.82, 2.24) is 0 Å². The maximum Gasteiger partial charge on any atom is 0.237 e. The number of methoxy groups -OCH3 is 2. The summed E-state index contributed by atoms with van der Waals surface area (Å²) >= 11 is 0. The van der Waals surface area contributed by atoms with Gasteiger partial charge in [0.1, 0.15) is 0 Å². The SMILES string of the molecule is COc1ccc(C2(C(=O)N3CCCc4ccccc43)CC2)cc1OC. The van der Waals surface area contributed by atoms with Crippen LogP contribution in [0, 0.1) is 0 Å². The molecule has 4 nitrogen and oxygen atoms in total. The summed E-state index contributed by atoms with van der Waals surface area (Å²) in [6, 6.07) is 14.1. The van der Waals surface area contributed by atoms with Crippen molar-refractivity contribution in [3.05, 3.63) is 53.6 Å². The summed E-state index contributed by atoms with van der Waals surface area (Å²) in [4.78, 5) is 15.4. The highest BCUT2D eigenvalue weighted by Gasteiger charge is 2.53. The highest BCUT2D eigenvalue weighted by Crippen LogP contribution is 2.52.